The minimum Gasteiger partial charge on any atom is -0.443 e. The molecule has 1 aromatic heterocycles. The average Bonchev–Trinajstić information content (AvgIpc) is 2.90. The molecule has 5 nitrogen and oxygen atoms in total. The van der Waals surface area contributed by atoms with Gasteiger partial charge in [0.2, 0.25) is 12.2 Å². The summed E-state index contributed by atoms with van der Waals surface area (Å²) in [6.07, 6.45) is 0.710. The maximum absolute atomic E-state index is 13.3. The number of aromatic nitrogens is 2. The van der Waals surface area contributed by atoms with Crippen LogP contribution in [-0.4, -0.2) is 39.0 Å². The van der Waals surface area contributed by atoms with Crippen molar-refractivity contribution in [2.75, 3.05) is 6.54 Å². The van der Waals surface area contributed by atoms with Gasteiger partial charge in [-0.3, -0.25) is 4.99 Å². The Kier molecular flexibility index (Phi) is 4.10. The predicted molar refractivity (Wildman–Crippen MR) is 96.7 cm³/mol. The van der Waals surface area contributed by atoms with Gasteiger partial charge in [0.05, 0.1) is 11.2 Å². The van der Waals surface area contributed by atoms with Crippen molar-refractivity contribution < 1.29 is 9.13 Å². The number of halogens is 2. The first-order chi connectivity index (χ1) is 11.1. The van der Waals surface area contributed by atoms with Gasteiger partial charge >= 0.3 is 0 Å². The minimum atomic E-state index is -1.41. The molecule has 3 rings (SSSR count). The summed E-state index contributed by atoms with van der Waals surface area (Å²) in [6, 6.07) is 0. The Hall–Kier alpha value is -1.63. The lowest BCUT2D eigenvalue weighted by Gasteiger charge is -2.29. The zero-order valence-electron chi connectivity index (χ0n) is 14.8. The Morgan fingerprint density at radius 2 is 2.04 bits per heavy atom. The summed E-state index contributed by atoms with van der Waals surface area (Å²) in [4.78, 5) is 7.03. The first-order valence-electron chi connectivity index (χ1n) is 7.91. The van der Waals surface area contributed by atoms with Crippen LogP contribution in [0.1, 0.15) is 40.3 Å². The summed E-state index contributed by atoms with van der Waals surface area (Å²) in [6.45, 7) is 10.5. The molecule has 0 fully saturated rings. The second-order valence-corrected chi connectivity index (χ2v) is 7.74. The first kappa shape index (κ1) is 17.2. The molecule has 0 radical (unpaired) electrons. The van der Waals surface area contributed by atoms with Gasteiger partial charge in [-0.2, -0.15) is 5.10 Å². The van der Waals surface area contributed by atoms with Crippen molar-refractivity contribution in [1.29, 1.82) is 0 Å². The second kappa shape index (κ2) is 5.72. The third-order valence-electron chi connectivity index (χ3n) is 4.08. The zero-order chi connectivity index (χ0) is 17.8. The van der Waals surface area contributed by atoms with Gasteiger partial charge in [0.15, 0.2) is 0 Å². The fourth-order valence-corrected chi connectivity index (χ4v) is 3.85. The third kappa shape index (κ3) is 2.79. The molecule has 2 aliphatic rings. The maximum Gasteiger partial charge on any atom is 0.237 e. The van der Waals surface area contributed by atoms with Crippen LogP contribution in [0.2, 0.25) is 0 Å². The maximum atomic E-state index is 13.3. The van der Waals surface area contributed by atoms with Crippen LogP contribution in [0.15, 0.2) is 26.7 Å². The van der Waals surface area contributed by atoms with Crippen LogP contribution < -0.4 is 4.74 Å². The monoisotopic (exact) mass is 396 g/mol. The Morgan fingerprint density at radius 3 is 2.67 bits per heavy atom. The number of rotatable bonds is 3. The summed E-state index contributed by atoms with van der Waals surface area (Å²) in [7, 11) is 1.74. The lowest BCUT2D eigenvalue weighted by Crippen LogP contribution is -2.34. The molecule has 1 unspecified atom stereocenters. The van der Waals surface area contributed by atoms with E-state index >= 15 is 0 Å². The Bertz CT molecular complexity index is 789. The zero-order valence-corrected chi connectivity index (χ0v) is 16.4. The lowest BCUT2D eigenvalue weighted by molar-refractivity contribution is 0.0754. The van der Waals surface area contributed by atoms with E-state index < -0.39 is 6.36 Å². The normalized spacial score (nSPS) is 20.8. The number of hydrogen-bond donors (Lipinski definition) is 0. The van der Waals surface area contributed by atoms with Crippen LogP contribution in [0.25, 0.3) is 5.70 Å². The predicted octanol–water partition coefficient (Wildman–Crippen LogP) is 4.06. The van der Waals surface area contributed by atoms with Crippen LogP contribution in [0, 0.1) is 0 Å². The van der Waals surface area contributed by atoms with Crippen molar-refractivity contribution in [3.63, 3.8) is 0 Å². The van der Waals surface area contributed by atoms with Crippen molar-refractivity contribution in [2.45, 2.75) is 46.5 Å². The molecule has 0 N–H and O–H groups in total. The number of alkyl halides is 1. The minimum absolute atomic E-state index is 0.158. The fourth-order valence-electron chi connectivity index (χ4n) is 3.23. The highest BCUT2D eigenvalue weighted by atomic mass is 79.9. The van der Waals surface area contributed by atoms with E-state index in [0.717, 1.165) is 34.9 Å². The molecular formula is C17H22BrFN4O. The smallest absolute Gasteiger partial charge is 0.237 e. The number of aryl methyl sites for hydroxylation is 1. The van der Waals surface area contributed by atoms with Gasteiger partial charge in [0, 0.05) is 20.5 Å². The van der Waals surface area contributed by atoms with E-state index in [1.807, 2.05) is 0 Å². The number of hydrogen-bond acceptors (Lipinski definition) is 4. The molecule has 0 aliphatic carbocycles. The molecule has 0 spiro atoms. The Morgan fingerprint density at radius 1 is 1.38 bits per heavy atom. The number of aliphatic imine (C=N–C) groups is 1. The number of nitrogens with zero attached hydrogens (tertiary/aromatic N) is 4. The molecule has 2 aliphatic heterocycles. The summed E-state index contributed by atoms with van der Waals surface area (Å²) >= 11 is 3.54. The van der Waals surface area contributed by atoms with Crippen molar-refractivity contribution in [1.82, 2.24) is 14.7 Å². The summed E-state index contributed by atoms with van der Waals surface area (Å²) < 4.78 is 20.8. The molecule has 3 heterocycles. The van der Waals surface area contributed by atoms with Gasteiger partial charge in [-0.05, 0) is 54.8 Å². The molecule has 0 bridgehead atoms. The fraction of sp³-hybridized carbons (Fsp3) is 0.529. The highest BCUT2D eigenvalue weighted by Crippen LogP contribution is 2.41. The Balaban J connectivity index is 2.13. The van der Waals surface area contributed by atoms with Crippen LogP contribution in [0.5, 0.6) is 5.88 Å². The molecule has 1 atom stereocenters. The molecular weight excluding hydrogens is 375 g/mol. The van der Waals surface area contributed by atoms with E-state index in [1.54, 1.807) is 11.7 Å². The van der Waals surface area contributed by atoms with Gasteiger partial charge in [0.1, 0.15) is 16.0 Å². The molecule has 1 aromatic rings. The molecule has 7 heteroatoms. The van der Waals surface area contributed by atoms with Gasteiger partial charge in [-0.1, -0.05) is 6.08 Å². The van der Waals surface area contributed by atoms with E-state index in [-0.39, 0.29) is 5.54 Å². The largest absolute Gasteiger partial charge is 0.443 e. The molecule has 130 valence electrons. The molecule has 0 saturated carbocycles. The number of fused-ring (bicyclic) bond motifs is 1. The van der Waals surface area contributed by atoms with Gasteiger partial charge in [0.25, 0.3) is 0 Å². The van der Waals surface area contributed by atoms with Crippen molar-refractivity contribution in [2.24, 2.45) is 12.0 Å². The second-order valence-electron chi connectivity index (χ2n) is 6.95. The van der Waals surface area contributed by atoms with Crippen LogP contribution in [0.3, 0.4) is 0 Å². The lowest BCUT2D eigenvalue weighted by atomic mass is 10.0. The van der Waals surface area contributed by atoms with Crippen molar-refractivity contribution >= 4 is 27.5 Å². The van der Waals surface area contributed by atoms with E-state index in [1.165, 1.54) is 6.92 Å². The van der Waals surface area contributed by atoms with E-state index in [0.29, 0.717) is 10.4 Å². The molecule has 0 aromatic carbocycles. The number of amidine groups is 1. The SMILES string of the molecule is CC1=CC(C)=C(c2nn(C)c(OC(C)F)c2Br)N2CC(C)(C)N=C12. The number of allylic oxidation sites excluding steroid dienone is 2. The first-order valence-corrected chi connectivity index (χ1v) is 8.70. The Labute approximate surface area is 150 Å². The standard InChI is InChI=1S/C17H22BrFN4O/c1-9-7-10(2)15-20-17(4,5)8-23(15)14(9)13-12(18)16(22(6)21-13)24-11(3)19/h7,11H,8H2,1-6H3. The topological polar surface area (TPSA) is 42.6 Å². The van der Waals surface area contributed by atoms with Crippen LogP contribution in [0.4, 0.5) is 4.39 Å². The third-order valence-corrected chi connectivity index (χ3v) is 4.79. The molecule has 24 heavy (non-hydrogen) atoms. The van der Waals surface area contributed by atoms with E-state index in [4.69, 9.17) is 9.73 Å². The van der Waals surface area contributed by atoms with Gasteiger partial charge in [-0.25, -0.2) is 9.07 Å². The highest BCUT2D eigenvalue weighted by Gasteiger charge is 2.38. The van der Waals surface area contributed by atoms with E-state index in [2.05, 4.69) is 59.7 Å². The number of ether oxygens (including phenoxy) is 1. The molecule has 0 saturated heterocycles. The summed E-state index contributed by atoms with van der Waals surface area (Å²) in [5, 5.41) is 4.56. The van der Waals surface area contributed by atoms with E-state index in [9.17, 15) is 4.39 Å². The van der Waals surface area contributed by atoms with Gasteiger partial charge in [-0.15, -0.1) is 0 Å². The summed E-state index contributed by atoms with van der Waals surface area (Å²) in [5.74, 6) is 1.35. The van der Waals surface area contributed by atoms with Gasteiger partial charge < -0.3 is 9.64 Å². The highest BCUT2D eigenvalue weighted by molar-refractivity contribution is 9.10. The van der Waals surface area contributed by atoms with Crippen LogP contribution in [-0.2, 0) is 7.05 Å². The van der Waals surface area contributed by atoms with Crippen LogP contribution >= 0.6 is 15.9 Å². The average molecular weight is 397 g/mol. The van der Waals surface area contributed by atoms with Crippen molar-refractivity contribution in [3.8, 4) is 5.88 Å². The quantitative estimate of drug-likeness (QED) is 0.773. The summed E-state index contributed by atoms with van der Waals surface area (Å²) in [5.41, 5.74) is 3.80. The van der Waals surface area contributed by atoms with Crippen molar-refractivity contribution in [3.05, 3.63) is 27.4 Å². The molecule has 0 amide bonds.